The number of hydrogen-bond acceptors (Lipinski definition) is 4. The summed E-state index contributed by atoms with van der Waals surface area (Å²) in [4.78, 5) is 26.9. The fourth-order valence-electron chi connectivity index (χ4n) is 1.81. The van der Waals surface area contributed by atoms with Gasteiger partial charge < -0.3 is 9.30 Å². The van der Waals surface area contributed by atoms with E-state index in [9.17, 15) is 9.59 Å². The Labute approximate surface area is 105 Å². The van der Waals surface area contributed by atoms with Gasteiger partial charge in [-0.2, -0.15) is 0 Å². The second-order valence-corrected chi connectivity index (χ2v) is 4.02. The van der Waals surface area contributed by atoms with E-state index in [2.05, 4.69) is 9.72 Å². The van der Waals surface area contributed by atoms with Crippen molar-refractivity contribution >= 4 is 17.4 Å². The summed E-state index contributed by atoms with van der Waals surface area (Å²) in [6.07, 6.45) is 9.83. The molecule has 0 aromatic carbocycles. The van der Waals surface area contributed by atoms with Gasteiger partial charge in [0.15, 0.2) is 5.78 Å². The van der Waals surface area contributed by atoms with E-state index in [0.29, 0.717) is 25.0 Å². The highest BCUT2D eigenvalue weighted by Crippen LogP contribution is 2.21. The molecule has 0 saturated heterocycles. The zero-order valence-corrected chi connectivity index (χ0v) is 10.1. The van der Waals surface area contributed by atoms with E-state index in [1.165, 1.54) is 7.11 Å². The number of Topliss-reactive ketones (excluding diaryl/α,β-unsaturated/α-hetero) is 1. The van der Waals surface area contributed by atoms with Gasteiger partial charge in [0.2, 0.25) is 0 Å². The Kier molecular flexibility index (Phi) is 3.72. The van der Waals surface area contributed by atoms with E-state index in [1.807, 2.05) is 6.08 Å². The van der Waals surface area contributed by atoms with Gasteiger partial charge in [-0.15, -0.1) is 0 Å². The maximum absolute atomic E-state index is 11.9. The molecule has 0 unspecified atom stereocenters. The minimum Gasteiger partial charge on any atom is -0.469 e. The Morgan fingerprint density at radius 3 is 2.94 bits per heavy atom. The van der Waals surface area contributed by atoms with Gasteiger partial charge in [0.1, 0.15) is 0 Å². The summed E-state index contributed by atoms with van der Waals surface area (Å²) >= 11 is 0. The van der Waals surface area contributed by atoms with Crippen LogP contribution >= 0.6 is 0 Å². The number of ether oxygens (including phenoxy) is 1. The molecule has 0 atom stereocenters. The number of ketones is 1. The number of hydrogen-bond donors (Lipinski definition) is 0. The minimum absolute atomic E-state index is 0.0374. The zero-order valence-electron chi connectivity index (χ0n) is 10.1. The average molecular weight is 246 g/mol. The molecule has 0 aliphatic heterocycles. The number of allylic oxidation sites excluding steroid dienone is 4. The van der Waals surface area contributed by atoms with Crippen LogP contribution in [0.1, 0.15) is 19.3 Å². The summed E-state index contributed by atoms with van der Waals surface area (Å²) < 4.78 is 6.26. The maximum atomic E-state index is 11.9. The van der Waals surface area contributed by atoms with E-state index in [-0.39, 0.29) is 11.8 Å². The van der Waals surface area contributed by atoms with E-state index in [4.69, 9.17) is 0 Å². The van der Waals surface area contributed by atoms with Crippen molar-refractivity contribution in [2.45, 2.75) is 19.3 Å². The van der Waals surface area contributed by atoms with E-state index < -0.39 is 0 Å². The van der Waals surface area contributed by atoms with Gasteiger partial charge >= 0.3 is 5.97 Å². The molecule has 1 aromatic heterocycles. The lowest BCUT2D eigenvalue weighted by atomic mass is 9.97. The molecular formula is C13H14N2O3. The highest BCUT2D eigenvalue weighted by molar-refractivity contribution is 6.17. The second-order valence-electron chi connectivity index (χ2n) is 4.02. The molecule has 94 valence electrons. The molecule has 5 nitrogen and oxygen atoms in total. The predicted octanol–water partition coefficient (Wildman–Crippen LogP) is 1.58. The van der Waals surface area contributed by atoms with Crippen molar-refractivity contribution in [2.75, 3.05) is 7.11 Å². The molecule has 2 rings (SSSR count). The van der Waals surface area contributed by atoms with E-state index in [1.54, 1.807) is 29.4 Å². The van der Waals surface area contributed by atoms with Crippen LogP contribution in [0, 0.1) is 0 Å². The standard InChI is InChI=1S/C13H14N2O3/c1-18-13(17)5-3-10-2-4-11(12(16)8-10)15-7-6-14-9-15/h2,4,6-7,9H,3,5,8H2,1H3. The molecule has 1 aliphatic rings. The number of aromatic nitrogens is 2. The van der Waals surface area contributed by atoms with E-state index in [0.717, 1.165) is 5.57 Å². The third-order valence-corrected chi connectivity index (χ3v) is 2.81. The fraction of sp³-hybridized carbons (Fsp3) is 0.308. The SMILES string of the molecule is COC(=O)CCC1=CC=C(n2ccnc2)C(=O)C1. The lowest BCUT2D eigenvalue weighted by molar-refractivity contribution is -0.140. The monoisotopic (exact) mass is 246 g/mol. The average Bonchev–Trinajstić information content (AvgIpc) is 2.89. The number of imidazole rings is 1. The maximum Gasteiger partial charge on any atom is 0.305 e. The predicted molar refractivity (Wildman–Crippen MR) is 65.5 cm³/mol. The molecule has 0 radical (unpaired) electrons. The number of carbonyl (C=O) groups is 2. The number of methoxy groups -OCH3 is 1. The van der Waals surface area contributed by atoms with Crippen molar-refractivity contribution in [1.82, 2.24) is 9.55 Å². The van der Waals surface area contributed by atoms with Crippen molar-refractivity contribution in [3.05, 3.63) is 36.4 Å². The van der Waals surface area contributed by atoms with Crippen molar-refractivity contribution in [3.63, 3.8) is 0 Å². The summed E-state index contributed by atoms with van der Waals surface area (Å²) in [6, 6.07) is 0. The normalized spacial score (nSPS) is 15.1. The summed E-state index contributed by atoms with van der Waals surface area (Å²) in [5.74, 6) is -0.219. The molecule has 1 aliphatic carbocycles. The zero-order chi connectivity index (χ0) is 13.0. The Balaban J connectivity index is 2.05. The lowest BCUT2D eigenvalue weighted by Gasteiger charge is -2.13. The van der Waals surface area contributed by atoms with Crippen molar-refractivity contribution in [3.8, 4) is 0 Å². The number of rotatable bonds is 4. The van der Waals surface area contributed by atoms with Gasteiger partial charge in [-0.25, -0.2) is 4.98 Å². The first-order valence-corrected chi connectivity index (χ1v) is 5.69. The fourth-order valence-corrected chi connectivity index (χ4v) is 1.81. The number of carbonyl (C=O) groups excluding carboxylic acids is 2. The summed E-state index contributed by atoms with van der Waals surface area (Å²) in [5.41, 5.74) is 1.56. The first kappa shape index (κ1) is 12.3. The van der Waals surface area contributed by atoms with Crippen LogP contribution in [0.3, 0.4) is 0 Å². The van der Waals surface area contributed by atoms with Gasteiger partial charge in [-0.3, -0.25) is 9.59 Å². The van der Waals surface area contributed by atoms with Crippen LogP contribution < -0.4 is 0 Å². The Morgan fingerprint density at radius 1 is 1.50 bits per heavy atom. The molecule has 1 aromatic rings. The number of nitrogens with zero attached hydrogens (tertiary/aromatic N) is 2. The van der Waals surface area contributed by atoms with Gasteiger partial charge in [0.05, 0.1) is 19.1 Å². The smallest absolute Gasteiger partial charge is 0.305 e. The quantitative estimate of drug-likeness (QED) is 0.757. The third-order valence-electron chi connectivity index (χ3n) is 2.81. The highest BCUT2D eigenvalue weighted by Gasteiger charge is 2.17. The van der Waals surface area contributed by atoms with Crippen molar-refractivity contribution in [1.29, 1.82) is 0 Å². The van der Waals surface area contributed by atoms with Crippen LogP contribution in [0.15, 0.2) is 36.4 Å². The summed E-state index contributed by atoms with van der Waals surface area (Å²) in [5, 5.41) is 0. The van der Waals surface area contributed by atoms with Gasteiger partial charge in [-0.1, -0.05) is 11.6 Å². The summed E-state index contributed by atoms with van der Waals surface area (Å²) in [6.45, 7) is 0. The van der Waals surface area contributed by atoms with Crippen LogP contribution in [-0.4, -0.2) is 28.4 Å². The Hall–Kier alpha value is -2.17. The molecule has 5 heteroatoms. The van der Waals surface area contributed by atoms with Crippen molar-refractivity contribution in [2.24, 2.45) is 0 Å². The van der Waals surface area contributed by atoms with Gasteiger partial charge in [-0.05, 0) is 12.5 Å². The molecule has 0 N–H and O–H groups in total. The number of esters is 1. The largest absolute Gasteiger partial charge is 0.469 e. The highest BCUT2D eigenvalue weighted by atomic mass is 16.5. The van der Waals surface area contributed by atoms with Gasteiger partial charge in [0.25, 0.3) is 0 Å². The first-order chi connectivity index (χ1) is 8.70. The van der Waals surface area contributed by atoms with Crippen LogP contribution in [0.4, 0.5) is 0 Å². The topological polar surface area (TPSA) is 61.2 Å². The van der Waals surface area contributed by atoms with Crippen LogP contribution in [0.2, 0.25) is 0 Å². The molecule has 18 heavy (non-hydrogen) atoms. The second kappa shape index (κ2) is 5.44. The molecule has 0 spiro atoms. The van der Waals surface area contributed by atoms with Crippen LogP contribution in [0.5, 0.6) is 0 Å². The Bertz CT molecular complexity index is 512. The third kappa shape index (κ3) is 2.74. The molecular weight excluding hydrogens is 232 g/mol. The molecule has 1 heterocycles. The van der Waals surface area contributed by atoms with Crippen molar-refractivity contribution < 1.29 is 14.3 Å². The lowest BCUT2D eigenvalue weighted by Crippen LogP contribution is -2.12. The van der Waals surface area contributed by atoms with Crippen LogP contribution in [-0.2, 0) is 14.3 Å². The minimum atomic E-state index is -0.257. The molecule has 0 saturated carbocycles. The van der Waals surface area contributed by atoms with E-state index >= 15 is 0 Å². The summed E-state index contributed by atoms with van der Waals surface area (Å²) in [7, 11) is 1.36. The van der Waals surface area contributed by atoms with Gasteiger partial charge in [0, 0.05) is 25.2 Å². The Morgan fingerprint density at radius 2 is 2.33 bits per heavy atom. The van der Waals surface area contributed by atoms with Crippen LogP contribution in [0.25, 0.3) is 5.70 Å². The molecule has 0 amide bonds. The first-order valence-electron chi connectivity index (χ1n) is 5.69. The molecule has 0 bridgehead atoms. The molecule has 0 fully saturated rings.